The average molecular weight is 219 g/mol. The number of aromatic nitrogens is 3. The summed E-state index contributed by atoms with van der Waals surface area (Å²) in [6.07, 6.45) is 0.107. The number of carbonyl (C=O) groups is 1. The standard InChI is InChI=1S/C11H13N3O2/c1-7(6-10(15)16)8-4-3-5-9-11(8)12-13-14(9)2/h3-5,7H,6H2,1-2H3,(H,15,16). The molecule has 0 aliphatic rings. The number of rotatable bonds is 3. The molecule has 0 fully saturated rings. The predicted molar refractivity (Wildman–Crippen MR) is 59.2 cm³/mol. The summed E-state index contributed by atoms with van der Waals surface area (Å²) in [6.45, 7) is 1.89. The molecule has 2 rings (SSSR count). The van der Waals surface area contributed by atoms with Crippen LogP contribution in [0.15, 0.2) is 18.2 Å². The number of nitrogens with zero attached hydrogens (tertiary/aromatic N) is 3. The number of benzene rings is 1. The molecule has 16 heavy (non-hydrogen) atoms. The number of carboxylic acid groups (broad SMARTS) is 1. The van der Waals surface area contributed by atoms with Crippen molar-refractivity contribution in [3.63, 3.8) is 0 Å². The van der Waals surface area contributed by atoms with Gasteiger partial charge >= 0.3 is 5.97 Å². The summed E-state index contributed by atoms with van der Waals surface area (Å²) in [5.41, 5.74) is 2.65. The minimum Gasteiger partial charge on any atom is -0.481 e. The van der Waals surface area contributed by atoms with Crippen LogP contribution in [0.2, 0.25) is 0 Å². The molecule has 0 aliphatic heterocycles. The molecule has 5 heteroatoms. The Morgan fingerprint density at radius 3 is 3.00 bits per heavy atom. The SMILES string of the molecule is CC(CC(=O)O)c1cccc2c1nnn2C. The zero-order valence-electron chi connectivity index (χ0n) is 9.21. The lowest BCUT2D eigenvalue weighted by molar-refractivity contribution is -0.137. The van der Waals surface area contributed by atoms with Crippen molar-refractivity contribution in [3.8, 4) is 0 Å². The summed E-state index contributed by atoms with van der Waals surface area (Å²) in [5.74, 6) is -0.855. The Labute approximate surface area is 92.7 Å². The largest absolute Gasteiger partial charge is 0.481 e. The van der Waals surface area contributed by atoms with Crippen LogP contribution in [0.5, 0.6) is 0 Å². The Hall–Kier alpha value is -1.91. The van der Waals surface area contributed by atoms with E-state index in [1.165, 1.54) is 0 Å². The van der Waals surface area contributed by atoms with Gasteiger partial charge < -0.3 is 5.11 Å². The molecule has 0 spiro atoms. The fraction of sp³-hybridized carbons (Fsp3) is 0.364. The monoisotopic (exact) mass is 219 g/mol. The van der Waals surface area contributed by atoms with E-state index in [4.69, 9.17) is 5.11 Å². The minimum atomic E-state index is -0.798. The van der Waals surface area contributed by atoms with Crippen LogP contribution in [0, 0.1) is 0 Å². The van der Waals surface area contributed by atoms with Crippen molar-refractivity contribution >= 4 is 17.0 Å². The second kappa shape index (κ2) is 3.92. The van der Waals surface area contributed by atoms with Gasteiger partial charge in [-0.2, -0.15) is 0 Å². The zero-order chi connectivity index (χ0) is 11.7. The fourth-order valence-electron chi connectivity index (χ4n) is 1.85. The van der Waals surface area contributed by atoms with E-state index in [-0.39, 0.29) is 12.3 Å². The van der Waals surface area contributed by atoms with Crippen LogP contribution in [0.25, 0.3) is 11.0 Å². The van der Waals surface area contributed by atoms with Crippen molar-refractivity contribution < 1.29 is 9.90 Å². The molecule has 0 aliphatic carbocycles. The lowest BCUT2D eigenvalue weighted by atomic mass is 9.96. The molecular weight excluding hydrogens is 206 g/mol. The number of hydrogen-bond acceptors (Lipinski definition) is 3. The van der Waals surface area contributed by atoms with E-state index in [9.17, 15) is 4.79 Å². The second-order valence-corrected chi connectivity index (χ2v) is 3.93. The Morgan fingerprint density at radius 1 is 1.56 bits per heavy atom. The normalized spacial score (nSPS) is 12.9. The van der Waals surface area contributed by atoms with Gasteiger partial charge in [0.1, 0.15) is 5.52 Å². The number of carboxylic acids is 1. The molecule has 0 radical (unpaired) electrons. The molecule has 0 bridgehead atoms. The van der Waals surface area contributed by atoms with Crippen molar-refractivity contribution in [1.82, 2.24) is 15.0 Å². The molecule has 1 N–H and O–H groups in total. The molecule has 1 aromatic carbocycles. The fourth-order valence-corrected chi connectivity index (χ4v) is 1.85. The number of aryl methyl sites for hydroxylation is 1. The molecule has 0 amide bonds. The summed E-state index contributed by atoms with van der Waals surface area (Å²) in [5, 5.41) is 16.8. The quantitative estimate of drug-likeness (QED) is 0.850. The molecule has 1 heterocycles. The van der Waals surface area contributed by atoms with Crippen LogP contribution < -0.4 is 0 Å². The first kappa shape index (κ1) is 10.6. The highest BCUT2D eigenvalue weighted by Crippen LogP contribution is 2.25. The first-order chi connectivity index (χ1) is 7.59. The van der Waals surface area contributed by atoms with Gasteiger partial charge in [0, 0.05) is 7.05 Å². The number of aliphatic carboxylic acids is 1. The van der Waals surface area contributed by atoms with Crippen LogP contribution in [0.3, 0.4) is 0 Å². The third-order valence-corrected chi connectivity index (χ3v) is 2.69. The number of hydrogen-bond donors (Lipinski definition) is 1. The van der Waals surface area contributed by atoms with Gasteiger partial charge in [-0.3, -0.25) is 4.79 Å². The summed E-state index contributed by atoms with van der Waals surface area (Å²) < 4.78 is 1.69. The Morgan fingerprint density at radius 2 is 2.31 bits per heavy atom. The van der Waals surface area contributed by atoms with E-state index in [0.717, 1.165) is 16.6 Å². The van der Waals surface area contributed by atoms with Crippen LogP contribution in [0.1, 0.15) is 24.8 Å². The molecule has 84 valence electrons. The molecule has 0 saturated heterocycles. The molecular formula is C11H13N3O2. The highest BCUT2D eigenvalue weighted by Gasteiger charge is 2.15. The summed E-state index contributed by atoms with van der Waals surface area (Å²) in [4.78, 5) is 10.7. The van der Waals surface area contributed by atoms with Gasteiger partial charge in [-0.05, 0) is 17.5 Å². The zero-order valence-corrected chi connectivity index (χ0v) is 9.21. The smallest absolute Gasteiger partial charge is 0.303 e. The average Bonchev–Trinajstić information content (AvgIpc) is 2.59. The van der Waals surface area contributed by atoms with Gasteiger partial charge in [0.2, 0.25) is 0 Å². The molecule has 1 atom stereocenters. The number of fused-ring (bicyclic) bond motifs is 1. The van der Waals surface area contributed by atoms with E-state index in [2.05, 4.69) is 10.3 Å². The van der Waals surface area contributed by atoms with Crippen LogP contribution in [0.4, 0.5) is 0 Å². The Balaban J connectivity index is 2.48. The van der Waals surface area contributed by atoms with Crippen LogP contribution >= 0.6 is 0 Å². The van der Waals surface area contributed by atoms with Crippen molar-refractivity contribution in [1.29, 1.82) is 0 Å². The van der Waals surface area contributed by atoms with Crippen molar-refractivity contribution in [2.45, 2.75) is 19.3 Å². The van der Waals surface area contributed by atoms with Gasteiger partial charge in [0.25, 0.3) is 0 Å². The summed E-state index contributed by atoms with van der Waals surface area (Å²) in [7, 11) is 1.82. The van der Waals surface area contributed by atoms with E-state index >= 15 is 0 Å². The molecule has 0 saturated carbocycles. The van der Waals surface area contributed by atoms with Crippen molar-refractivity contribution in [3.05, 3.63) is 23.8 Å². The Bertz CT molecular complexity index is 533. The maximum absolute atomic E-state index is 10.7. The van der Waals surface area contributed by atoms with Gasteiger partial charge in [-0.25, -0.2) is 4.68 Å². The van der Waals surface area contributed by atoms with Gasteiger partial charge in [0.15, 0.2) is 0 Å². The highest BCUT2D eigenvalue weighted by molar-refractivity contribution is 5.79. The highest BCUT2D eigenvalue weighted by atomic mass is 16.4. The molecule has 5 nitrogen and oxygen atoms in total. The third kappa shape index (κ3) is 1.76. The third-order valence-electron chi connectivity index (χ3n) is 2.69. The van der Waals surface area contributed by atoms with E-state index in [1.54, 1.807) is 4.68 Å². The predicted octanol–water partition coefficient (Wildman–Crippen LogP) is 1.55. The van der Waals surface area contributed by atoms with E-state index in [1.807, 2.05) is 32.2 Å². The van der Waals surface area contributed by atoms with Crippen LogP contribution in [-0.2, 0) is 11.8 Å². The first-order valence-electron chi connectivity index (χ1n) is 5.09. The topological polar surface area (TPSA) is 68.0 Å². The summed E-state index contributed by atoms with van der Waals surface area (Å²) >= 11 is 0. The van der Waals surface area contributed by atoms with Crippen molar-refractivity contribution in [2.24, 2.45) is 7.05 Å². The van der Waals surface area contributed by atoms with Gasteiger partial charge in [-0.15, -0.1) is 5.10 Å². The van der Waals surface area contributed by atoms with E-state index < -0.39 is 5.97 Å². The molecule has 2 aromatic rings. The maximum Gasteiger partial charge on any atom is 0.303 e. The van der Waals surface area contributed by atoms with Crippen LogP contribution in [-0.4, -0.2) is 26.1 Å². The molecule has 1 unspecified atom stereocenters. The molecule has 1 aromatic heterocycles. The van der Waals surface area contributed by atoms with Gasteiger partial charge in [-0.1, -0.05) is 24.3 Å². The lowest BCUT2D eigenvalue weighted by Gasteiger charge is -2.09. The minimum absolute atomic E-state index is 0.0575. The lowest BCUT2D eigenvalue weighted by Crippen LogP contribution is -2.03. The summed E-state index contributed by atoms with van der Waals surface area (Å²) in [6, 6.07) is 5.73. The van der Waals surface area contributed by atoms with E-state index in [0.29, 0.717) is 0 Å². The second-order valence-electron chi connectivity index (χ2n) is 3.93. The Kier molecular flexibility index (Phi) is 2.60. The maximum atomic E-state index is 10.7. The van der Waals surface area contributed by atoms with Crippen molar-refractivity contribution in [2.75, 3.05) is 0 Å². The van der Waals surface area contributed by atoms with Gasteiger partial charge in [0.05, 0.1) is 11.9 Å². The first-order valence-corrected chi connectivity index (χ1v) is 5.09.